The highest BCUT2D eigenvalue weighted by atomic mass is 16.7. The molecular weight excluding hydrogens is 248 g/mol. The van der Waals surface area contributed by atoms with Crippen molar-refractivity contribution < 1.29 is 14.3 Å². The van der Waals surface area contributed by atoms with Gasteiger partial charge in [0.05, 0.1) is 6.04 Å². The van der Waals surface area contributed by atoms with E-state index in [2.05, 4.69) is 5.32 Å². The Labute approximate surface area is 115 Å². The Morgan fingerprint density at radius 3 is 2.26 bits per heavy atom. The fourth-order valence-electron chi connectivity index (χ4n) is 1.15. The zero-order valence-electron chi connectivity index (χ0n) is 12.1. The molecule has 7 heteroatoms. The van der Waals surface area contributed by atoms with E-state index in [9.17, 15) is 4.79 Å². The zero-order chi connectivity index (χ0) is 15.1. The molecular formula is C12H28N4O3. The van der Waals surface area contributed by atoms with Crippen LogP contribution in [0.5, 0.6) is 0 Å². The summed E-state index contributed by atoms with van der Waals surface area (Å²) >= 11 is 0. The normalized spacial score (nSPS) is 11.4. The van der Waals surface area contributed by atoms with Crippen LogP contribution in [-0.2, 0) is 14.3 Å². The summed E-state index contributed by atoms with van der Waals surface area (Å²) in [4.78, 5) is 10.0. The third-order valence-corrected chi connectivity index (χ3v) is 2.01. The Morgan fingerprint density at radius 2 is 1.89 bits per heavy atom. The Morgan fingerprint density at radius 1 is 1.37 bits per heavy atom. The molecule has 0 bridgehead atoms. The molecule has 0 rings (SSSR count). The first-order valence-electron chi connectivity index (χ1n) is 6.49. The van der Waals surface area contributed by atoms with Gasteiger partial charge in [0.1, 0.15) is 6.29 Å². The van der Waals surface area contributed by atoms with Crippen molar-refractivity contribution in [2.24, 2.45) is 11.5 Å². The van der Waals surface area contributed by atoms with Gasteiger partial charge in [-0.1, -0.05) is 0 Å². The maximum Gasteiger partial charge on any atom is 0.185 e. The average Bonchev–Trinajstić information content (AvgIpc) is 2.35. The highest BCUT2D eigenvalue weighted by Gasteiger charge is 1.98. The molecule has 0 aliphatic carbocycles. The summed E-state index contributed by atoms with van der Waals surface area (Å²) < 4.78 is 10.1. The minimum Gasteiger partial charge on any atom is -0.370 e. The van der Waals surface area contributed by atoms with Gasteiger partial charge < -0.3 is 31.1 Å². The van der Waals surface area contributed by atoms with E-state index in [0.717, 1.165) is 19.6 Å². The van der Waals surface area contributed by atoms with Crippen molar-refractivity contribution in [2.75, 3.05) is 19.8 Å². The average molecular weight is 276 g/mol. The number of carbonyl (C=O) groups is 1. The monoisotopic (exact) mass is 276 g/mol. The highest BCUT2D eigenvalue weighted by molar-refractivity contribution is 5.74. The lowest BCUT2D eigenvalue weighted by Crippen LogP contribution is -2.32. The number of ether oxygens (including phenoxy) is 2. The second kappa shape index (κ2) is 14.9. The number of guanidine groups is 1. The molecule has 114 valence electrons. The van der Waals surface area contributed by atoms with Crippen molar-refractivity contribution in [3.63, 3.8) is 0 Å². The minimum absolute atomic E-state index is 0.0370. The molecule has 0 spiro atoms. The van der Waals surface area contributed by atoms with Crippen LogP contribution in [0, 0.1) is 5.41 Å². The first-order valence-corrected chi connectivity index (χ1v) is 6.49. The van der Waals surface area contributed by atoms with Gasteiger partial charge in [-0.15, -0.1) is 0 Å². The second-order valence-corrected chi connectivity index (χ2v) is 3.76. The maximum absolute atomic E-state index is 10.0. The summed E-state index contributed by atoms with van der Waals surface area (Å²) in [6.45, 7) is 7.84. The fourth-order valence-corrected chi connectivity index (χ4v) is 1.15. The zero-order valence-corrected chi connectivity index (χ0v) is 12.1. The molecule has 6 N–H and O–H groups in total. The largest absolute Gasteiger partial charge is 0.370 e. The summed E-state index contributed by atoms with van der Waals surface area (Å²) in [5, 5.41) is 9.41. The topological polar surface area (TPSA) is 123 Å². The van der Waals surface area contributed by atoms with Crippen molar-refractivity contribution in [3.8, 4) is 0 Å². The second-order valence-electron chi connectivity index (χ2n) is 3.76. The summed E-state index contributed by atoms with van der Waals surface area (Å²) in [7, 11) is 0. The van der Waals surface area contributed by atoms with E-state index in [4.69, 9.17) is 26.4 Å². The Hall–Kier alpha value is -1.18. The van der Waals surface area contributed by atoms with Crippen LogP contribution in [0.15, 0.2) is 0 Å². The van der Waals surface area contributed by atoms with Crippen LogP contribution in [0.1, 0.15) is 33.6 Å². The van der Waals surface area contributed by atoms with E-state index in [0.29, 0.717) is 19.3 Å². The van der Waals surface area contributed by atoms with Gasteiger partial charge in [0.2, 0.25) is 0 Å². The molecule has 0 radical (unpaired) electrons. The van der Waals surface area contributed by atoms with Crippen LogP contribution in [0.25, 0.3) is 0 Å². The van der Waals surface area contributed by atoms with Gasteiger partial charge in [0, 0.05) is 19.8 Å². The standard InChI is InChI=1S/C6H14N4O.C6H14O2/c7-5(4-11)2-1-3-10-6(8)9;1-4-7-6(3)8-5-2/h4-5H,1-3,7H2,(H4,8,9,10);6H,4-5H2,1-3H3. The molecule has 0 saturated heterocycles. The van der Waals surface area contributed by atoms with E-state index in [1.54, 1.807) is 0 Å². The predicted molar refractivity (Wildman–Crippen MR) is 75.9 cm³/mol. The SMILES string of the molecule is CCOC(C)OCC.N=C(N)NCCCC(N)C=O. The van der Waals surface area contributed by atoms with Crippen molar-refractivity contribution in [1.82, 2.24) is 5.32 Å². The molecule has 0 fully saturated rings. The first kappa shape index (κ1) is 20.1. The van der Waals surface area contributed by atoms with Crippen LogP contribution >= 0.6 is 0 Å². The first-order chi connectivity index (χ1) is 8.97. The smallest absolute Gasteiger partial charge is 0.185 e. The molecule has 0 aromatic heterocycles. The molecule has 1 atom stereocenters. The van der Waals surface area contributed by atoms with Crippen LogP contribution in [0.2, 0.25) is 0 Å². The lowest BCUT2D eigenvalue weighted by Gasteiger charge is -2.09. The van der Waals surface area contributed by atoms with E-state index in [1.165, 1.54) is 0 Å². The molecule has 1 unspecified atom stereocenters. The van der Waals surface area contributed by atoms with E-state index in [1.807, 2.05) is 20.8 Å². The third kappa shape index (κ3) is 19.3. The van der Waals surface area contributed by atoms with E-state index in [-0.39, 0.29) is 18.3 Å². The van der Waals surface area contributed by atoms with Crippen LogP contribution in [0.4, 0.5) is 0 Å². The van der Waals surface area contributed by atoms with Gasteiger partial charge in [-0.3, -0.25) is 5.41 Å². The van der Waals surface area contributed by atoms with Crippen molar-refractivity contribution in [3.05, 3.63) is 0 Å². The third-order valence-electron chi connectivity index (χ3n) is 2.01. The Kier molecular flexibility index (Phi) is 15.8. The quantitative estimate of drug-likeness (QED) is 0.157. The molecule has 0 amide bonds. The summed E-state index contributed by atoms with van der Waals surface area (Å²) in [5.41, 5.74) is 10.3. The van der Waals surface area contributed by atoms with Gasteiger partial charge in [0.15, 0.2) is 12.2 Å². The number of nitrogens with two attached hydrogens (primary N) is 2. The summed E-state index contributed by atoms with van der Waals surface area (Å²) in [5.74, 6) is -0.0512. The van der Waals surface area contributed by atoms with E-state index >= 15 is 0 Å². The summed E-state index contributed by atoms with van der Waals surface area (Å²) in [6.07, 6.45) is 2.06. The molecule has 0 aromatic carbocycles. The molecule has 0 saturated carbocycles. The number of carbonyl (C=O) groups excluding carboxylic acids is 1. The van der Waals surface area contributed by atoms with Crippen molar-refractivity contribution in [1.29, 1.82) is 5.41 Å². The number of hydrogen-bond donors (Lipinski definition) is 4. The lowest BCUT2D eigenvalue weighted by atomic mass is 10.2. The minimum atomic E-state index is -0.385. The van der Waals surface area contributed by atoms with Gasteiger partial charge in [-0.2, -0.15) is 0 Å². The number of rotatable bonds is 9. The number of nitrogens with one attached hydrogen (secondary N) is 2. The predicted octanol–water partition coefficient (Wildman–Crippen LogP) is 0.181. The Balaban J connectivity index is 0. The van der Waals surface area contributed by atoms with Gasteiger partial charge >= 0.3 is 0 Å². The molecule has 0 aliphatic rings. The summed E-state index contributed by atoms with van der Waals surface area (Å²) in [6, 6.07) is -0.385. The number of aldehydes is 1. The van der Waals surface area contributed by atoms with Gasteiger partial charge in [-0.05, 0) is 33.6 Å². The lowest BCUT2D eigenvalue weighted by molar-refractivity contribution is -0.123. The molecule has 7 nitrogen and oxygen atoms in total. The molecule has 0 aromatic rings. The van der Waals surface area contributed by atoms with Gasteiger partial charge in [0.25, 0.3) is 0 Å². The van der Waals surface area contributed by atoms with Gasteiger partial charge in [-0.25, -0.2) is 0 Å². The van der Waals surface area contributed by atoms with Crippen molar-refractivity contribution in [2.45, 2.75) is 45.9 Å². The molecule has 0 aliphatic heterocycles. The Bertz CT molecular complexity index is 221. The fraction of sp³-hybridized carbons (Fsp3) is 0.833. The highest BCUT2D eigenvalue weighted by Crippen LogP contribution is 1.90. The molecule has 0 heterocycles. The maximum atomic E-state index is 10.0. The van der Waals surface area contributed by atoms with Crippen LogP contribution in [0.3, 0.4) is 0 Å². The van der Waals surface area contributed by atoms with Crippen LogP contribution < -0.4 is 16.8 Å². The van der Waals surface area contributed by atoms with E-state index < -0.39 is 0 Å². The molecule has 19 heavy (non-hydrogen) atoms. The van der Waals surface area contributed by atoms with Crippen molar-refractivity contribution >= 4 is 12.2 Å². The van der Waals surface area contributed by atoms with Crippen LogP contribution in [-0.4, -0.2) is 44.3 Å². The number of hydrogen-bond acceptors (Lipinski definition) is 5.